The van der Waals surface area contributed by atoms with Gasteiger partial charge in [0.05, 0.1) is 11.3 Å². The van der Waals surface area contributed by atoms with Gasteiger partial charge in [-0.3, -0.25) is 4.90 Å². The average molecular weight is 296 g/mol. The molecule has 0 spiro atoms. The van der Waals surface area contributed by atoms with E-state index in [1.165, 1.54) is 5.56 Å². The summed E-state index contributed by atoms with van der Waals surface area (Å²) >= 11 is 3.38. The van der Waals surface area contributed by atoms with Crippen LogP contribution in [-0.2, 0) is 6.54 Å². The molecule has 19 heavy (non-hydrogen) atoms. The molecule has 2 heterocycles. The minimum absolute atomic E-state index is 0.662. The second-order valence-corrected chi connectivity index (χ2v) is 6.91. The highest BCUT2D eigenvalue weighted by Crippen LogP contribution is 2.26. The third-order valence-electron chi connectivity index (χ3n) is 2.76. The molecule has 0 atom stereocenters. The third kappa shape index (κ3) is 4.38. The summed E-state index contributed by atoms with van der Waals surface area (Å²) in [6, 6.07) is 2.10. The highest BCUT2D eigenvalue weighted by molar-refractivity contribution is 7.14. The summed E-state index contributed by atoms with van der Waals surface area (Å²) in [5.41, 5.74) is 1.62. The van der Waals surface area contributed by atoms with Crippen molar-refractivity contribution in [2.24, 2.45) is 0 Å². The van der Waals surface area contributed by atoms with Crippen LogP contribution >= 0.6 is 22.7 Å². The molecule has 2 rings (SSSR count). The largest absolute Gasteiger partial charge is 0.389 e. The highest BCUT2D eigenvalue weighted by Gasteiger charge is 2.18. The normalized spacial score (nSPS) is 12.3. The number of aliphatic hydroxyl groups is 1. The van der Waals surface area contributed by atoms with Gasteiger partial charge in [-0.25, -0.2) is 4.98 Å². The number of thiazole rings is 1. The van der Waals surface area contributed by atoms with Gasteiger partial charge < -0.3 is 5.11 Å². The maximum Gasteiger partial charge on any atom is 0.124 e. The maximum atomic E-state index is 9.89. The van der Waals surface area contributed by atoms with Crippen molar-refractivity contribution in [2.45, 2.75) is 32.9 Å². The van der Waals surface area contributed by atoms with Crippen LogP contribution < -0.4 is 0 Å². The van der Waals surface area contributed by atoms with E-state index in [2.05, 4.69) is 39.0 Å². The molecule has 2 aromatic heterocycles. The molecule has 0 bridgehead atoms. The fraction of sp³-hybridized carbons (Fsp3) is 0.500. The van der Waals surface area contributed by atoms with Crippen LogP contribution in [0, 0.1) is 0 Å². The van der Waals surface area contributed by atoms with Crippen LogP contribution in [0.25, 0.3) is 10.6 Å². The molecule has 0 aliphatic rings. The van der Waals surface area contributed by atoms with Crippen LogP contribution in [-0.4, -0.2) is 33.7 Å². The summed E-state index contributed by atoms with van der Waals surface area (Å²) in [5, 5.41) is 17.3. The topological polar surface area (TPSA) is 36.4 Å². The van der Waals surface area contributed by atoms with Crippen LogP contribution in [0.15, 0.2) is 22.2 Å². The molecule has 104 valence electrons. The van der Waals surface area contributed by atoms with Gasteiger partial charge in [-0.05, 0) is 31.8 Å². The predicted molar refractivity (Wildman–Crippen MR) is 82.7 cm³/mol. The van der Waals surface area contributed by atoms with Crippen LogP contribution in [0.1, 0.15) is 26.5 Å². The lowest BCUT2D eigenvalue weighted by molar-refractivity contribution is 0.0350. The molecule has 1 N–H and O–H groups in total. The van der Waals surface area contributed by atoms with Crippen molar-refractivity contribution in [3.8, 4) is 10.6 Å². The Morgan fingerprint density at radius 2 is 2.16 bits per heavy atom. The molecule has 0 amide bonds. The van der Waals surface area contributed by atoms with Gasteiger partial charge >= 0.3 is 0 Å². The molecule has 0 aromatic carbocycles. The van der Waals surface area contributed by atoms with Gasteiger partial charge in [0.2, 0.25) is 0 Å². The molecule has 5 heteroatoms. The van der Waals surface area contributed by atoms with E-state index in [4.69, 9.17) is 0 Å². The number of aromatic nitrogens is 1. The van der Waals surface area contributed by atoms with Crippen molar-refractivity contribution in [1.29, 1.82) is 0 Å². The molecule has 2 aromatic rings. The summed E-state index contributed by atoms with van der Waals surface area (Å²) in [7, 11) is 0. The molecular weight excluding hydrogens is 276 g/mol. The Balaban J connectivity index is 2.03. The molecule has 0 aliphatic heterocycles. The first-order chi connectivity index (χ1) is 8.98. The zero-order valence-electron chi connectivity index (χ0n) is 11.6. The van der Waals surface area contributed by atoms with Crippen molar-refractivity contribution >= 4 is 22.7 Å². The number of thiophene rings is 1. The van der Waals surface area contributed by atoms with E-state index in [1.54, 1.807) is 22.7 Å². The fourth-order valence-corrected chi connectivity index (χ4v) is 3.48. The van der Waals surface area contributed by atoms with Crippen LogP contribution in [0.2, 0.25) is 0 Å². The van der Waals surface area contributed by atoms with Gasteiger partial charge in [-0.1, -0.05) is 6.92 Å². The van der Waals surface area contributed by atoms with E-state index >= 15 is 0 Å². The van der Waals surface area contributed by atoms with Crippen LogP contribution in [0.4, 0.5) is 0 Å². The molecule has 0 unspecified atom stereocenters. The molecular formula is C14H20N2OS2. The summed E-state index contributed by atoms with van der Waals surface area (Å²) in [5.74, 6) is 0. The van der Waals surface area contributed by atoms with E-state index in [-0.39, 0.29) is 0 Å². The van der Waals surface area contributed by atoms with E-state index < -0.39 is 5.60 Å². The Labute approximate surface area is 122 Å². The maximum absolute atomic E-state index is 9.89. The Kier molecular flexibility index (Phi) is 4.73. The van der Waals surface area contributed by atoms with Gasteiger partial charge in [0, 0.05) is 29.4 Å². The van der Waals surface area contributed by atoms with Crippen LogP contribution in [0.5, 0.6) is 0 Å². The number of hydrogen-bond donors (Lipinski definition) is 1. The molecule has 0 fully saturated rings. The van der Waals surface area contributed by atoms with Gasteiger partial charge in [0.25, 0.3) is 0 Å². The zero-order valence-corrected chi connectivity index (χ0v) is 13.2. The van der Waals surface area contributed by atoms with Crippen molar-refractivity contribution in [3.63, 3.8) is 0 Å². The highest BCUT2D eigenvalue weighted by atomic mass is 32.1. The Bertz CT molecular complexity index is 500. The summed E-state index contributed by atoms with van der Waals surface area (Å²) in [6.45, 7) is 8.16. The first-order valence-corrected chi connectivity index (χ1v) is 8.22. The van der Waals surface area contributed by atoms with Gasteiger partial charge in [0.15, 0.2) is 0 Å². The number of likely N-dealkylation sites (N-methyl/N-ethyl adjacent to an activating group) is 1. The standard InChI is InChI=1S/C14H20N2OS2/c1-4-16(10-14(2,3)17)7-12-9-19-13(15-12)11-5-6-18-8-11/h5-6,8-9,17H,4,7,10H2,1-3H3. The van der Waals surface area contributed by atoms with Crippen molar-refractivity contribution in [1.82, 2.24) is 9.88 Å². The first-order valence-electron chi connectivity index (χ1n) is 6.39. The third-order valence-corrected chi connectivity index (χ3v) is 4.39. The second kappa shape index (κ2) is 6.13. The summed E-state index contributed by atoms with van der Waals surface area (Å²) < 4.78 is 0. The number of rotatable bonds is 6. The van der Waals surface area contributed by atoms with Crippen LogP contribution in [0.3, 0.4) is 0 Å². The van der Waals surface area contributed by atoms with Gasteiger partial charge in [0.1, 0.15) is 5.01 Å². The number of hydrogen-bond acceptors (Lipinski definition) is 5. The van der Waals surface area contributed by atoms with Crippen molar-refractivity contribution in [3.05, 3.63) is 27.9 Å². The van der Waals surface area contributed by atoms with Crippen molar-refractivity contribution < 1.29 is 5.11 Å². The first kappa shape index (κ1) is 14.7. The van der Waals surface area contributed by atoms with E-state index in [0.717, 1.165) is 23.8 Å². The van der Waals surface area contributed by atoms with E-state index in [9.17, 15) is 5.11 Å². The molecule has 0 saturated heterocycles. The quantitative estimate of drug-likeness (QED) is 0.887. The minimum atomic E-state index is -0.664. The lowest BCUT2D eigenvalue weighted by Gasteiger charge is -2.27. The Hall–Kier alpha value is -0.750. The molecule has 0 saturated carbocycles. The fourth-order valence-electron chi connectivity index (χ4n) is 1.95. The van der Waals surface area contributed by atoms with Gasteiger partial charge in [-0.2, -0.15) is 11.3 Å². The predicted octanol–water partition coefficient (Wildman–Crippen LogP) is 3.46. The lowest BCUT2D eigenvalue weighted by atomic mass is 10.1. The zero-order chi connectivity index (χ0) is 13.9. The smallest absolute Gasteiger partial charge is 0.124 e. The lowest BCUT2D eigenvalue weighted by Crippen LogP contribution is -2.38. The Morgan fingerprint density at radius 1 is 1.37 bits per heavy atom. The summed E-state index contributed by atoms with van der Waals surface area (Å²) in [6.07, 6.45) is 0. The molecule has 3 nitrogen and oxygen atoms in total. The van der Waals surface area contributed by atoms with Gasteiger partial charge in [-0.15, -0.1) is 11.3 Å². The average Bonchev–Trinajstić information content (AvgIpc) is 2.95. The molecule has 0 radical (unpaired) electrons. The SMILES string of the molecule is CCN(Cc1csc(-c2ccsc2)n1)CC(C)(C)O. The monoisotopic (exact) mass is 296 g/mol. The Morgan fingerprint density at radius 3 is 2.74 bits per heavy atom. The molecule has 0 aliphatic carbocycles. The number of nitrogens with zero attached hydrogens (tertiary/aromatic N) is 2. The second-order valence-electron chi connectivity index (χ2n) is 5.27. The summed E-state index contributed by atoms with van der Waals surface area (Å²) in [4.78, 5) is 6.89. The van der Waals surface area contributed by atoms with E-state index in [1.807, 2.05) is 13.8 Å². The minimum Gasteiger partial charge on any atom is -0.389 e. The van der Waals surface area contributed by atoms with E-state index in [0.29, 0.717) is 6.54 Å². The van der Waals surface area contributed by atoms with Crippen molar-refractivity contribution in [2.75, 3.05) is 13.1 Å².